The van der Waals surface area contributed by atoms with E-state index in [9.17, 15) is 18.0 Å². The number of sulfonamides is 1. The Kier molecular flexibility index (Phi) is 5.87. The Morgan fingerprint density at radius 2 is 1.93 bits per heavy atom. The summed E-state index contributed by atoms with van der Waals surface area (Å²) in [4.78, 5) is 26.8. The van der Waals surface area contributed by atoms with Crippen molar-refractivity contribution in [2.45, 2.75) is 43.0 Å². The molecular weight excluding hydrogens is 400 g/mol. The van der Waals surface area contributed by atoms with Crippen molar-refractivity contribution in [1.29, 1.82) is 0 Å². The molecule has 0 radical (unpaired) electrons. The van der Waals surface area contributed by atoms with Gasteiger partial charge in [0.05, 0.1) is 19.2 Å². The van der Waals surface area contributed by atoms with Crippen LogP contribution < -0.4 is 9.64 Å². The van der Waals surface area contributed by atoms with Crippen molar-refractivity contribution >= 4 is 38.9 Å². The molecule has 7 nitrogen and oxygen atoms in total. The van der Waals surface area contributed by atoms with E-state index in [1.165, 1.54) is 17.5 Å². The molecule has 0 N–H and O–H groups in total. The van der Waals surface area contributed by atoms with Crippen molar-refractivity contribution < 1.29 is 22.7 Å². The second kappa shape index (κ2) is 8.02. The lowest BCUT2D eigenvalue weighted by Gasteiger charge is -2.31. The number of hydrogen-bond donors (Lipinski definition) is 0. The minimum absolute atomic E-state index is 0.163. The van der Waals surface area contributed by atoms with Crippen molar-refractivity contribution in [3.63, 3.8) is 0 Å². The van der Waals surface area contributed by atoms with Gasteiger partial charge in [-0.15, -0.1) is 11.3 Å². The van der Waals surface area contributed by atoms with Gasteiger partial charge < -0.3 is 4.74 Å². The summed E-state index contributed by atoms with van der Waals surface area (Å²) >= 11 is 1.09. The van der Waals surface area contributed by atoms with Gasteiger partial charge in [-0.1, -0.05) is 13.0 Å². The van der Waals surface area contributed by atoms with Gasteiger partial charge in [0.15, 0.2) is 0 Å². The molecule has 2 atom stereocenters. The number of methoxy groups -OCH3 is 1. The van der Waals surface area contributed by atoms with E-state index in [0.717, 1.165) is 16.2 Å². The number of benzene rings is 1. The van der Waals surface area contributed by atoms with Gasteiger partial charge in [-0.2, -0.15) is 4.31 Å². The fourth-order valence-electron chi connectivity index (χ4n) is 3.22. The van der Waals surface area contributed by atoms with Gasteiger partial charge in [-0.25, -0.2) is 13.3 Å². The van der Waals surface area contributed by atoms with E-state index >= 15 is 0 Å². The van der Waals surface area contributed by atoms with E-state index in [4.69, 9.17) is 4.74 Å². The smallest absolute Gasteiger partial charge is 0.253 e. The fourth-order valence-corrected chi connectivity index (χ4v) is 6.16. The van der Waals surface area contributed by atoms with Crippen LogP contribution in [0.1, 0.15) is 26.7 Å². The Labute approximate surface area is 168 Å². The molecule has 1 fully saturated rings. The molecular formula is C19H22N2O5S2. The lowest BCUT2D eigenvalue weighted by molar-refractivity contribution is -0.122. The molecule has 3 rings (SSSR count). The maximum absolute atomic E-state index is 13.2. The summed E-state index contributed by atoms with van der Waals surface area (Å²) in [6.07, 6.45) is 0.338. The maximum atomic E-state index is 13.2. The lowest BCUT2D eigenvalue weighted by Crippen LogP contribution is -2.49. The summed E-state index contributed by atoms with van der Waals surface area (Å²) in [5.74, 6) is -0.355. The molecule has 0 spiro atoms. The fraction of sp³-hybridized carbons (Fsp3) is 0.368. The van der Waals surface area contributed by atoms with Crippen LogP contribution >= 0.6 is 11.3 Å². The monoisotopic (exact) mass is 422 g/mol. The summed E-state index contributed by atoms with van der Waals surface area (Å²) < 4.78 is 32.9. The molecule has 1 aliphatic rings. The lowest BCUT2D eigenvalue weighted by atomic mass is 10.2. The standard InChI is InChI=1S/C19H22N2O5S2/c1-4-13(2)21(28(24,25)18-6-5-11-27-18)16-12-17(22)20(19(16)23)14-7-9-15(26-3)10-8-14/h5-11,13,16H,4,12H2,1-3H3. The van der Waals surface area contributed by atoms with Crippen LogP contribution in [-0.4, -0.2) is 43.7 Å². The van der Waals surface area contributed by atoms with E-state index in [0.29, 0.717) is 17.9 Å². The summed E-state index contributed by atoms with van der Waals surface area (Å²) in [7, 11) is -2.37. The molecule has 2 amide bonds. The van der Waals surface area contributed by atoms with Crippen molar-refractivity contribution in [3.05, 3.63) is 41.8 Å². The van der Waals surface area contributed by atoms with Gasteiger partial charge in [-0.05, 0) is 49.1 Å². The first-order valence-electron chi connectivity index (χ1n) is 8.89. The van der Waals surface area contributed by atoms with Gasteiger partial charge in [-0.3, -0.25) is 9.59 Å². The molecule has 2 aromatic rings. The predicted octanol–water partition coefficient (Wildman–Crippen LogP) is 2.88. The molecule has 1 saturated heterocycles. The largest absolute Gasteiger partial charge is 0.497 e. The first-order chi connectivity index (χ1) is 13.3. The van der Waals surface area contributed by atoms with Gasteiger partial charge >= 0.3 is 0 Å². The molecule has 0 bridgehead atoms. The summed E-state index contributed by atoms with van der Waals surface area (Å²) in [5.41, 5.74) is 0.399. The molecule has 28 heavy (non-hydrogen) atoms. The Morgan fingerprint density at radius 3 is 2.46 bits per heavy atom. The molecule has 1 aromatic heterocycles. The van der Waals surface area contributed by atoms with Crippen LogP contribution in [0.5, 0.6) is 5.75 Å². The van der Waals surface area contributed by atoms with Gasteiger partial charge in [0.2, 0.25) is 5.91 Å². The van der Waals surface area contributed by atoms with Crippen LogP contribution in [0.4, 0.5) is 5.69 Å². The zero-order valence-electron chi connectivity index (χ0n) is 15.9. The topological polar surface area (TPSA) is 84.0 Å². The van der Waals surface area contributed by atoms with Crippen molar-refractivity contribution in [1.82, 2.24) is 4.31 Å². The number of carbonyl (C=O) groups is 2. The maximum Gasteiger partial charge on any atom is 0.253 e. The first-order valence-corrected chi connectivity index (χ1v) is 11.2. The van der Waals surface area contributed by atoms with E-state index in [-0.39, 0.29) is 10.6 Å². The highest BCUT2D eigenvalue weighted by molar-refractivity contribution is 7.91. The van der Waals surface area contributed by atoms with Crippen LogP contribution in [-0.2, 0) is 19.6 Å². The second-order valence-corrected chi connectivity index (χ2v) is 9.53. The highest BCUT2D eigenvalue weighted by atomic mass is 32.2. The molecule has 9 heteroatoms. The number of hydrogen-bond acceptors (Lipinski definition) is 6. The van der Waals surface area contributed by atoms with Crippen molar-refractivity contribution in [2.75, 3.05) is 12.0 Å². The molecule has 1 aromatic carbocycles. The SMILES string of the molecule is CCC(C)N(C1CC(=O)N(c2ccc(OC)cc2)C1=O)S(=O)(=O)c1cccs1. The minimum Gasteiger partial charge on any atom is -0.497 e. The third-order valence-corrected chi connectivity index (χ3v) is 8.21. The Balaban J connectivity index is 1.98. The summed E-state index contributed by atoms with van der Waals surface area (Å²) in [6, 6.07) is 8.20. The number of imide groups is 1. The second-order valence-electron chi connectivity index (χ2n) is 6.51. The normalized spacial score (nSPS) is 18.7. The zero-order valence-corrected chi connectivity index (χ0v) is 17.5. The van der Waals surface area contributed by atoms with E-state index in [1.807, 2.05) is 6.92 Å². The average Bonchev–Trinajstić information content (AvgIpc) is 3.31. The number of carbonyl (C=O) groups excluding carboxylic acids is 2. The third-order valence-electron chi connectivity index (χ3n) is 4.81. The highest BCUT2D eigenvalue weighted by Crippen LogP contribution is 2.33. The predicted molar refractivity (Wildman–Crippen MR) is 107 cm³/mol. The molecule has 2 heterocycles. The molecule has 0 saturated carbocycles. The first kappa shape index (κ1) is 20.5. The van der Waals surface area contributed by atoms with Gasteiger partial charge in [0, 0.05) is 6.04 Å². The Morgan fingerprint density at radius 1 is 1.25 bits per heavy atom. The highest BCUT2D eigenvalue weighted by Gasteiger charge is 2.48. The Bertz CT molecular complexity index is 955. The molecule has 150 valence electrons. The number of nitrogens with zero attached hydrogens (tertiary/aromatic N) is 2. The quantitative estimate of drug-likeness (QED) is 0.641. The van der Waals surface area contributed by atoms with Crippen LogP contribution in [0.15, 0.2) is 46.0 Å². The molecule has 1 aliphatic heterocycles. The average molecular weight is 423 g/mol. The zero-order chi connectivity index (χ0) is 20.5. The number of anilines is 1. The van der Waals surface area contributed by atoms with Crippen LogP contribution in [0, 0.1) is 0 Å². The van der Waals surface area contributed by atoms with Crippen molar-refractivity contribution in [3.8, 4) is 5.75 Å². The number of rotatable bonds is 7. The van der Waals surface area contributed by atoms with Crippen molar-refractivity contribution in [2.24, 2.45) is 0 Å². The summed E-state index contributed by atoms with van der Waals surface area (Å²) in [5, 5.41) is 1.67. The third kappa shape index (κ3) is 3.57. The Hall–Kier alpha value is -2.23. The number of thiophene rings is 1. The van der Waals surface area contributed by atoms with Crippen LogP contribution in [0.25, 0.3) is 0 Å². The number of ether oxygens (including phenoxy) is 1. The van der Waals surface area contributed by atoms with Crippen LogP contribution in [0.3, 0.4) is 0 Å². The van der Waals surface area contributed by atoms with E-state index < -0.39 is 33.9 Å². The molecule has 2 unspecified atom stereocenters. The van der Waals surface area contributed by atoms with Gasteiger partial charge in [0.1, 0.15) is 16.0 Å². The minimum atomic E-state index is -3.89. The van der Waals surface area contributed by atoms with E-state index in [1.54, 1.807) is 42.6 Å². The number of amides is 2. The van der Waals surface area contributed by atoms with Gasteiger partial charge in [0.25, 0.3) is 15.9 Å². The van der Waals surface area contributed by atoms with Crippen LogP contribution in [0.2, 0.25) is 0 Å². The summed E-state index contributed by atoms with van der Waals surface area (Å²) in [6.45, 7) is 3.60. The van der Waals surface area contributed by atoms with E-state index in [2.05, 4.69) is 0 Å². The molecule has 0 aliphatic carbocycles.